The summed E-state index contributed by atoms with van der Waals surface area (Å²) in [5, 5.41) is 4.76. The molecule has 6 nitrogen and oxygen atoms in total. The van der Waals surface area contributed by atoms with Crippen LogP contribution in [0.5, 0.6) is 0 Å². The van der Waals surface area contributed by atoms with Crippen molar-refractivity contribution in [2.24, 2.45) is 0 Å². The molecule has 3 aromatic rings. The average Bonchev–Trinajstić information content (AvgIpc) is 3.15. The largest absolute Gasteiger partial charge is 0.379 e. The van der Waals surface area contributed by atoms with Gasteiger partial charge in [-0.15, -0.1) is 0 Å². The van der Waals surface area contributed by atoms with Gasteiger partial charge in [0.1, 0.15) is 6.04 Å². The highest BCUT2D eigenvalue weighted by atomic mass is 32.1. The third-order valence-electron chi connectivity index (χ3n) is 7.27. The Labute approximate surface area is 209 Å². The van der Waals surface area contributed by atoms with Crippen molar-refractivity contribution in [1.29, 1.82) is 0 Å². The fourth-order valence-electron chi connectivity index (χ4n) is 5.46. The first-order valence-electron chi connectivity index (χ1n) is 12.2. The number of hydrogen-bond donors (Lipinski definition) is 1. The summed E-state index contributed by atoms with van der Waals surface area (Å²) in [5.74, 6) is -0.306. The van der Waals surface area contributed by atoms with E-state index < -0.39 is 6.04 Å². The lowest BCUT2D eigenvalue weighted by atomic mass is 9.95. The number of ether oxygens (including phenoxy) is 1. The van der Waals surface area contributed by atoms with Gasteiger partial charge in [0.15, 0.2) is 0 Å². The van der Waals surface area contributed by atoms with E-state index >= 15 is 0 Å². The van der Waals surface area contributed by atoms with Crippen LogP contribution in [0.15, 0.2) is 54.6 Å². The summed E-state index contributed by atoms with van der Waals surface area (Å²) in [4.78, 5) is 30.7. The van der Waals surface area contributed by atoms with Crippen molar-refractivity contribution in [1.82, 2.24) is 10.2 Å². The molecule has 3 aromatic carbocycles. The van der Waals surface area contributed by atoms with E-state index in [1.54, 1.807) is 4.90 Å². The average molecular weight is 486 g/mol. The molecule has 3 aliphatic heterocycles. The minimum atomic E-state index is -0.533. The zero-order valence-electron chi connectivity index (χ0n) is 19.5. The Hall–Kier alpha value is -3.13. The van der Waals surface area contributed by atoms with E-state index in [9.17, 15) is 9.59 Å². The Balaban J connectivity index is 1.27. The Morgan fingerprint density at radius 1 is 0.971 bits per heavy atom. The van der Waals surface area contributed by atoms with Gasteiger partial charge in [0, 0.05) is 37.0 Å². The molecule has 3 aliphatic rings. The van der Waals surface area contributed by atoms with Crippen LogP contribution in [0.1, 0.15) is 39.9 Å². The molecule has 6 rings (SSSR count). The van der Waals surface area contributed by atoms with Crippen LogP contribution in [0.25, 0.3) is 10.8 Å². The molecular weight excluding hydrogens is 458 g/mol. The van der Waals surface area contributed by atoms with Crippen molar-refractivity contribution in [3.8, 4) is 0 Å². The predicted molar refractivity (Wildman–Crippen MR) is 140 cm³/mol. The molecule has 1 unspecified atom stereocenters. The van der Waals surface area contributed by atoms with E-state index in [0.29, 0.717) is 23.4 Å². The molecule has 2 amide bonds. The van der Waals surface area contributed by atoms with Gasteiger partial charge in [-0.1, -0.05) is 54.7 Å². The molecule has 7 heteroatoms. The van der Waals surface area contributed by atoms with Crippen LogP contribution in [0.2, 0.25) is 0 Å². The molecule has 0 aliphatic carbocycles. The van der Waals surface area contributed by atoms with Crippen LogP contribution in [0.3, 0.4) is 0 Å². The number of nitrogens with zero attached hydrogens (tertiary/aromatic N) is 2. The second kappa shape index (κ2) is 9.15. The highest BCUT2D eigenvalue weighted by Crippen LogP contribution is 2.41. The number of thiocarbonyl (C=S) groups is 1. The molecule has 178 valence electrons. The van der Waals surface area contributed by atoms with Crippen LogP contribution in [0, 0.1) is 0 Å². The summed E-state index contributed by atoms with van der Waals surface area (Å²) in [6.07, 6.45) is 1.93. The maximum atomic E-state index is 13.4. The summed E-state index contributed by atoms with van der Waals surface area (Å²) >= 11 is 5.16. The molecular formula is C28H27N3O3S. The molecule has 0 radical (unpaired) electrons. The maximum Gasteiger partial charge on any atom is 0.259 e. The number of nitrogens with one attached hydrogen (secondary N) is 1. The van der Waals surface area contributed by atoms with Gasteiger partial charge in [0.25, 0.3) is 5.91 Å². The first kappa shape index (κ1) is 22.3. The summed E-state index contributed by atoms with van der Waals surface area (Å²) in [7, 11) is 0. The number of morpholine rings is 1. The number of hydrogen-bond acceptors (Lipinski definition) is 5. The number of rotatable bonds is 5. The summed E-state index contributed by atoms with van der Waals surface area (Å²) in [6, 6.07) is 18.3. The van der Waals surface area contributed by atoms with Crippen LogP contribution < -0.4 is 10.2 Å². The minimum Gasteiger partial charge on any atom is -0.379 e. The number of carbonyl (C=O) groups is 2. The highest BCUT2D eigenvalue weighted by molar-refractivity contribution is 7.80. The lowest BCUT2D eigenvalue weighted by molar-refractivity contribution is -0.121. The fourth-order valence-corrected chi connectivity index (χ4v) is 5.68. The predicted octanol–water partition coefficient (Wildman–Crippen LogP) is 3.83. The van der Waals surface area contributed by atoms with Crippen LogP contribution in [-0.4, -0.2) is 54.0 Å². The normalized spacial score (nSPS) is 20.5. The molecule has 1 atom stereocenters. The van der Waals surface area contributed by atoms with Crippen molar-refractivity contribution in [2.75, 3.05) is 31.2 Å². The molecule has 0 bridgehead atoms. The summed E-state index contributed by atoms with van der Waals surface area (Å²) in [5.41, 5.74) is 5.20. The minimum absolute atomic E-state index is 0.108. The maximum absolute atomic E-state index is 13.4. The van der Waals surface area contributed by atoms with E-state index in [0.717, 1.165) is 55.7 Å². The number of amides is 2. The second-order valence-electron chi connectivity index (χ2n) is 9.50. The Morgan fingerprint density at radius 2 is 1.74 bits per heavy atom. The fraction of sp³-hybridized carbons (Fsp3) is 0.321. The SMILES string of the molecule is O=C1NC(=S)CCC1N1C(=O)c2cccc3c(Cc4ccc(CN5CCOCC5)cc4)ccc1c23. The Kier molecular flexibility index (Phi) is 5.84. The summed E-state index contributed by atoms with van der Waals surface area (Å²) in [6.45, 7) is 4.52. The molecule has 3 heterocycles. The molecule has 35 heavy (non-hydrogen) atoms. The van der Waals surface area contributed by atoms with Gasteiger partial charge in [-0.3, -0.25) is 19.4 Å². The van der Waals surface area contributed by atoms with E-state index in [1.165, 1.54) is 16.7 Å². The Morgan fingerprint density at radius 3 is 2.51 bits per heavy atom. The monoisotopic (exact) mass is 485 g/mol. The lowest BCUT2D eigenvalue weighted by Gasteiger charge is -2.31. The van der Waals surface area contributed by atoms with E-state index in [1.807, 2.05) is 18.2 Å². The standard InChI is InChI=1S/C28H27N3O3S/c32-27-24(10-11-25(35)29-27)31-23-9-8-20(21-2-1-3-22(26(21)23)28(31)33)16-18-4-6-19(7-5-18)17-30-12-14-34-15-13-30/h1-9,24H,10-17H2,(H,29,32,35). The summed E-state index contributed by atoms with van der Waals surface area (Å²) < 4.78 is 5.45. The van der Waals surface area contributed by atoms with Crippen LogP contribution in [-0.2, 0) is 22.5 Å². The second-order valence-corrected chi connectivity index (χ2v) is 9.99. The Bertz CT molecular complexity index is 1330. The first-order valence-corrected chi connectivity index (χ1v) is 12.6. The van der Waals surface area contributed by atoms with Crippen molar-refractivity contribution in [3.05, 3.63) is 76.9 Å². The quantitative estimate of drug-likeness (QED) is 0.557. The molecule has 2 fully saturated rings. The topological polar surface area (TPSA) is 61.9 Å². The highest BCUT2D eigenvalue weighted by Gasteiger charge is 2.40. The van der Waals surface area contributed by atoms with E-state index in [2.05, 4.69) is 46.6 Å². The molecule has 0 spiro atoms. The van der Waals surface area contributed by atoms with Gasteiger partial charge in [-0.25, -0.2) is 0 Å². The number of benzene rings is 3. The van der Waals surface area contributed by atoms with Crippen molar-refractivity contribution >= 4 is 45.5 Å². The molecule has 0 saturated carbocycles. The van der Waals surface area contributed by atoms with Crippen LogP contribution >= 0.6 is 12.2 Å². The number of carbonyl (C=O) groups excluding carboxylic acids is 2. The van der Waals surface area contributed by atoms with Gasteiger partial charge in [-0.05, 0) is 47.1 Å². The van der Waals surface area contributed by atoms with Gasteiger partial charge in [0.2, 0.25) is 5.91 Å². The third kappa shape index (κ3) is 4.14. The van der Waals surface area contributed by atoms with Crippen molar-refractivity contribution in [2.45, 2.75) is 31.8 Å². The molecule has 1 N–H and O–H groups in total. The lowest BCUT2D eigenvalue weighted by Crippen LogP contribution is -2.53. The molecule has 0 aromatic heterocycles. The smallest absolute Gasteiger partial charge is 0.259 e. The van der Waals surface area contributed by atoms with Crippen molar-refractivity contribution < 1.29 is 14.3 Å². The van der Waals surface area contributed by atoms with Gasteiger partial charge < -0.3 is 10.1 Å². The van der Waals surface area contributed by atoms with Gasteiger partial charge in [0.05, 0.1) is 23.9 Å². The van der Waals surface area contributed by atoms with Crippen molar-refractivity contribution in [3.63, 3.8) is 0 Å². The number of piperidine rings is 1. The third-order valence-corrected chi connectivity index (χ3v) is 7.57. The zero-order valence-corrected chi connectivity index (χ0v) is 20.3. The van der Waals surface area contributed by atoms with E-state index in [4.69, 9.17) is 17.0 Å². The van der Waals surface area contributed by atoms with Gasteiger partial charge >= 0.3 is 0 Å². The zero-order chi connectivity index (χ0) is 23.9. The van der Waals surface area contributed by atoms with Crippen LogP contribution in [0.4, 0.5) is 5.69 Å². The number of anilines is 1. The van der Waals surface area contributed by atoms with E-state index in [-0.39, 0.29) is 11.8 Å². The van der Waals surface area contributed by atoms with Gasteiger partial charge in [-0.2, -0.15) is 0 Å². The first-order chi connectivity index (χ1) is 17.1. The molecule has 2 saturated heterocycles.